The zero-order valence-electron chi connectivity index (χ0n) is 13.5. The number of aryl methyl sites for hydroxylation is 1. The lowest BCUT2D eigenvalue weighted by molar-refractivity contribution is -0.143. The number of rotatable bonds is 4. The number of amides is 1. The van der Waals surface area contributed by atoms with Crippen molar-refractivity contribution >= 4 is 23.5 Å². The van der Waals surface area contributed by atoms with Crippen molar-refractivity contribution < 1.29 is 18.0 Å². The van der Waals surface area contributed by atoms with Crippen LogP contribution in [-0.4, -0.2) is 21.9 Å². The molecule has 5 nitrogen and oxygen atoms in total. The van der Waals surface area contributed by atoms with Crippen molar-refractivity contribution in [2.45, 2.75) is 13.1 Å². The fourth-order valence-corrected chi connectivity index (χ4v) is 3.07. The van der Waals surface area contributed by atoms with E-state index >= 15 is 0 Å². The summed E-state index contributed by atoms with van der Waals surface area (Å²) in [5.74, 6) is -0.982. The van der Waals surface area contributed by atoms with Gasteiger partial charge < -0.3 is 0 Å². The molecule has 2 aromatic heterocycles. The van der Waals surface area contributed by atoms with Gasteiger partial charge in [-0.25, -0.2) is 10.1 Å². The van der Waals surface area contributed by atoms with E-state index in [1.54, 1.807) is 18.2 Å². The lowest BCUT2D eigenvalue weighted by Gasteiger charge is -2.12. The van der Waals surface area contributed by atoms with Gasteiger partial charge in [0.25, 0.3) is 5.91 Å². The molecule has 0 saturated heterocycles. The molecule has 0 atom stereocenters. The highest BCUT2D eigenvalue weighted by molar-refractivity contribution is 7.11. The SMILES string of the molecule is Cc1ccsc1/C=N/NC(=O)c1cnn(-c2ccccc2)c1C(F)(F)F. The van der Waals surface area contributed by atoms with Crippen molar-refractivity contribution in [2.75, 3.05) is 0 Å². The van der Waals surface area contributed by atoms with Crippen LogP contribution < -0.4 is 5.43 Å². The Labute approximate surface area is 150 Å². The van der Waals surface area contributed by atoms with Crippen LogP contribution in [0.1, 0.15) is 26.5 Å². The van der Waals surface area contributed by atoms with Crippen LogP contribution >= 0.6 is 11.3 Å². The molecule has 0 aliphatic rings. The number of para-hydroxylation sites is 1. The quantitative estimate of drug-likeness (QED) is 0.551. The molecular formula is C17H13F3N4OS. The van der Waals surface area contributed by atoms with Gasteiger partial charge in [0.05, 0.1) is 23.7 Å². The number of carbonyl (C=O) groups excluding carboxylic acids is 1. The number of benzene rings is 1. The molecule has 3 rings (SSSR count). The third-order valence-electron chi connectivity index (χ3n) is 3.53. The number of alkyl halides is 3. The second-order valence-corrected chi connectivity index (χ2v) is 6.27. The first kappa shape index (κ1) is 17.9. The zero-order chi connectivity index (χ0) is 18.7. The van der Waals surface area contributed by atoms with Crippen LogP contribution in [0.4, 0.5) is 13.2 Å². The number of hydrogen-bond acceptors (Lipinski definition) is 4. The third-order valence-corrected chi connectivity index (χ3v) is 4.49. The smallest absolute Gasteiger partial charge is 0.267 e. The first-order valence-electron chi connectivity index (χ1n) is 7.46. The molecule has 0 spiro atoms. The van der Waals surface area contributed by atoms with Crippen LogP contribution in [0.25, 0.3) is 5.69 Å². The summed E-state index contributed by atoms with van der Waals surface area (Å²) in [4.78, 5) is 13.0. The van der Waals surface area contributed by atoms with Gasteiger partial charge in [0.1, 0.15) is 0 Å². The molecule has 1 amide bonds. The van der Waals surface area contributed by atoms with E-state index in [0.717, 1.165) is 16.6 Å². The fraction of sp³-hybridized carbons (Fsp3) is 0.118. The summed E-state index contributed by atoms with van der Waals surface area (Å²) in [5, 5.41) is 9.32. The van der Waals surface area contributed by atoms with Gasteiger partial charge in [-0.2, -0.15) is 23.4 Å². The minimum absolute atomic E-state index is 0.205. The van der Waals surface area contributed by atoms with Crippen molar-refractivity contribution in [3.63, 3.8) is 0 Å². The van der Waals surface area contributed by atoms with Gasteiger partial charge >= 0.3 is 6.18 Å². The Balaban J connectivity index is 1.90. The molecule has 2 heterocycles. The molecule has 3 aromatic rings. The van der Waals surface area contributed by atoms with Gasteiger partial charge in [-0.15, -0.1) is 11.3 Å². The van der Waals surface area contributed by atoms with Gasteiger partial charge in [-0.1, -0.05) is 18.2 Å². The second kappa shape index (κ2) is 7.12. The summed E-state index contributed by atoms with van der Waals surface area (Å²) >= 11 is 1.41. The lowest BCUT2D eigenvalue weighted by atomic mass is 10.2. The predicted molar refractivity (Wildman–Crippen MR) is 92.7 cm³/mol. The van der Waals surface area contributed by atoms with Crippen molar-refractivity contribution in [3.05, 3.63) is 69.7 Å². The van der Waals surface area contributed by atoms with Crippen LogP contribution in [0.3, 0.4) is 0 Å². The van der Waals surface area contributed by atoms with Crippen LogP contribution in [0, 0.1) is 6.92 Å². The Bertz CT molecular complexity index is 945. The molecule has 134 valence electrons. The number of nitrogens with one attached hydrogen (secondary N) is 1. The molecule has 0 aliphatic carbocycles. The molecule has 9 heteroatoms. The minimum atomic E-state index is -4.76. The fourth-order valence-electron chi connectivity index (χ4n) is 2.28. The molecular weight excluding hydrogens is 365 g/mol. The van der Waals surface area contributed by atoms with Gasteiger partial charge in [-0.05, 0) is 36.1 Å². The Morgan fingerprint density at radius 1 is 1.27 bits per heavy atom. The van der Waals surface area contributed by atoms with E-state index in [1.807, 2.05) is 18.4 Å². The summed E-state index contributed by atoms with van der Waals surface area (Å²) in [6, 6.07) is 9.67. The first-order chi connectivity index (χ1) is 12.4. The van der Waals surface area contributed by atoms with E-state index in [9.17, 15) is 18.0 Å². The van der Waals surface area contributed by atoms with Crippen LogP contribution in [0.5, 0.6) is 0 Å². The summed E-state index contributed by atoms with van der Waals surface area (Å²) < 4.78 is 41.2. The van der Waals surface area contributed by atoms with Crippen molar-refractivity contribution in [3.8, 4) is 5.69 Å². The molecule has 1 N–H and O–H groups in total. The minimum Gasteiger partial charge on any atom is -0.267 e. The van der Waals surface area contributed by atoms with Gasteiger partial charge in [0, 0.05) is 4.88 Å². The van der Waals surface area contributed by atoms with Gasteiger partial charge in [0.2, 0.25) is 0 Å². The number of hydrazone groups is 1. The number of thiophene rings is 1. The zero-order valence-corrected chi connectivity index (χ0v) is 14.3. The molecule has 0 bridgehead atoms. The van der Waals surface area contributed by atoms with Gasteiger partial charge in [-0.3, -0.25) is 4.79 Å². The Hall–Kier alpha value is -2.94. The average molecular weight is 378 g/mol. The van der Waals surface area contributed by atoms with Crippen molar-refractivity contribution in [1.82, 2.24) is 15.2 Å². The highest BCUT2D eigenvalue weighted by Gasteiger charge is 2.40. The monoisotopic (exact) mass is 378 g/mol. The Kier molecular flexibility index (Phi) is 4.90. The largest absolute Gasteiger partial charge is 0.434 e. The maximum atomic E-state index is 13.5. The normalized spacial score (nSPS) is 11.8. The van der Waals surface area contributed by atoms with Crippen molar-refractivity contribution in [1.29, 1.82) is 0 Å². The Morgan fingerprint density at radius 2 is 2.00 bits per heavy atom. The van der Waals surface area contributed by atoms with Crippen molar-refractivity contribution in [2.24, 2.45) is 5.10 Å². The predicted octanol–water partition coefficient (Wildman–Crippen LogP) is 4.02. The number of aromatic nitrogens is 2. The third kappa shape index (κ3) is 3.67. The topological polar surface area (TPSA) is 59.3 Å². The molecule has 0 radical (unpaired) electrons. The number of nitrogens with zero attached hydrogens (tertiary/aromatic N) is 3. The molecule has 0 aliphatic heterocycles. The molecule has 0 saturated carbocycles. The molecule has 0 unspecified atom stereocenters. The van der Waals surface area contributed by atoms with E-state index in [4.69, 9.17) is 0 Å². The van der Waals surface area contributed by atoms with E-state index in [1.165, 1.54) is 29.7 Å². The summed E-state index contributed by atoms with van der Waals surface area (Å²) in [6.07, 6.45) is -2.48. The first-order valence-corrected chi connectivity index (χ1v) is 8.34. The maximum Gasteiger partial charge on any atom is 0.434 e. The second-order valence-electron chi connectivity index (χ2n) is 5.32. The van der Waals surface area contributed by atoms with Crippen LogP contribution in [-0.2, 0) is 6.18 Å². The molecule has 26 heavy (non-hydrogen) atoms. The van der Waals surface area contributed by atoms with Crippen LogP contribution in [0.15, 0.2) is 53.1 Å². The number of hydrogen-bond donors (Lipinski definition) is 1. The van der Waals surface area contributed by atoms with E-state index in [0.29, 0.717) is 4.68 Å². The molecule has 0 fully saturated rings. The molecule has 1 aromatic carbocycles. The number of halogens is 3. The summed E-state index contributed by atoms with van der Waals surface area (Å²) in [5.41, 5.74) is 1.54. The standard InChI is InChI=1S/C17H13F3N4OS/c1-11-7-8-26-14(11)10-21-23-16(25)13-9-22-24(15(13)17(18,19)20)12-5-3-2-4-6-12/h2-10H,1H3,(H,23,25)/b21-10+. The summed E-state index contributed by atoms with van der Waals surface area (Å²) in [7, 11) is 0. The van der Waals surface area contributed by atoms with Crippen LogP contribution in [0.2, 0.25) is 0 Å². The number of carbonyl (C=O) groups is 1. The maximum absolute atomic E-state index is 13.5. The summed E-state index contributed by atoms with van der Waals surface area (Å²) in [6.45, 7) is 1.87. The average Bonchev–Trinajstić information content (AvgIpc) is 3.22. The Morgan fingerprint density at radius 3 is 2.62 bits per heavy atom. The highest BCUT2D eigenvalue weighted by atomic mass is 32.1. The lowest BCUT2D eigenvalue weighted by Crippen LogP contribution is -2.23. The highest BCUT2D eigenvalue weighted by Crippen LogP contribution is 2.33. The van der Waals surface area contributed by atoms with E-state index in [2.05, 4.69) is 15.6 Å². The van der Waals surface area contributed by atoms with E-state index in [-0.39, 0.29) is 5.69 Å². The van der Waals surface area contributed by atoms with E-state index < -0.39 is 23.3 Å². The van der Waals surface area contributed by atoms with Gasteiger partial charge in [0.15, 0.2) is 5.69 Å².